The molecule has 0 unspecified atom stereocenters. The fraction of sp³-hybridized carbons (Fsp3) is 0.300. The normalized spacial score (nSPS) is 15.1. The molecule has 0 aliphatic carbocycles. The Morgan fingerprint density at radius 1 is 1.53 bits per heavy atom. The number of benzene rings is 1. The molecular formula is C10H8ClNO5. The summed E-state index contributed by atoms with van der Waals surface area (Å²) in [7, 11) is 0. The molecule has 90 valence electrons. The minimum atomic E-state index is -0.674. The fourth-order valence-electron chi connectivity index (χ4n) is 1.28. The van der Waals surface area contributed by atoms with Crippen molar-refractivity contribution >= 4 is 23.3 Å². The number of ether oxygens (including phenoxy) is 2. The molecule has 1 aromatic rings. The van der Waals surface area contributed by atoms with E-state index in [1.54, 1.807) is 0 Å². The lowest BCUT2D eigenvalue weighted by atomic mass is 10.2. The molecule has 0 spiro atoms. The van der Waals surface area contributed by atoms with Crippen LogP contribution in [0.4, 0.5) is 5.69 Å². The van der Waals surface area contributed by atoms with E-state index >= 15 is 0 Å². The van der Waals surface area contributed by atoms with Crippen LogP contribution < -0.4 is 0 Å². The topological polar surface area (TPSA) is 78.7 Å². The van der Waals surface area contributed by atoms with E-state index in [0.29, 0.717) is 13.2 Å². The van der Waals surface area contributed by atoms with Crippen LogP contribution in [0.2, 0.25) is 5.02 Å². The Labute approximate surface area is 101 Å². The number of halogens is 1. The molecular weight excluding hydrogens is 250 g/mol. The Kier molecular flexibility index (Phi) is 3.26. The van der Waals surface area contributed by atoms with E-state index < -0.39 is 10.9 Å². The van der Waals surface area contributed by atoms with Gasteiger partial charge in [-0.1, -0.05) is 11.6 Å². The molecule has 2 rings (SSSR count). The predicted molar refractivity (Wildman–Crippen MR) is 58.1 cm³/mol. The lowest BCUT2D eigenvalue weighted by Gasteiger charge is -2.25. The molecule has 17 heavy (non-hydrogen) atoms. The molecule has 1 aliphatic heterocycles. The van der Waals surface area contributed by atoms with Crippen molar-refractivity contribution in [1.29, 1.82) is 0 Å². The minimum Gasteiger partial charge on any atom is -0.454 e. The Morgan fingerprint density at radius 3 is 2.76 bits per heavy atom. The molecule has 0 aromatic heterocycles. The first-order chi connectivity index (χ1) is 8.08. The van der Waals surface area contributed by atoms with E-state index in [2.05, 4.69) is 0 Å². The van der Waals surface area contributed by atoms with Gasteiger partial charge >= 0.3 is 5.97 Å². The molecule has 0 N–H and O–H groups in total. The van der Waals surface area contributed by atoms with Gasteiger partial charge in [-0.2, -0.15) is 0 Å². The summed E-state index contributed by atoms with van der Waals surface area (Å²) in [6.07, 6.45) is -0.294. The first kappa shape index (κ1) is 11.8. The highest BCUT2D eigenvalue weighted by Gasteiger charge is 2.25. The second kappa shape index (κ2) is 4.68. The molecule has 0 atom stereocenters. The van der Waals surface area contributed by atoms with Crippen LogP contribution in [0.1, 0.15) is 10.4 Å². The summed E-state index contributed by atoms with van der Waals surface area (Å²) < 4.78 is 9.86. The summed E-state index contributed by atoms with van der Waals surface area (Å²) in [4.78, 5) is 21.6. The fourth-order valence-corrected chi connectivity index (χ4v) is 1.47. The highest BCUT2D eigenvalue weighted by Crippen LogP contribution is 2.23. The summed E-state index contributed by atoms with van der Waals surface area (Å²) in [5, 5.41) is 10.7. The largest absolute Gasteiger partial charge is 0.454 e. The molecule has 0 bridgehead atoms. The zero-order valence-electron chi connectivity index (χ0n) is 8.59. The van der Waals surface area contributed by atoms with Gasteiger partial charge in [-0.15, -0.1) is 0 Å². The monoisotopic (exact) mass is 257 g/mol. The number of hydrogen-bond donors (Lipinski definition) is 0. The quantitative estimate of drug-likeness (QED) is 0.469. The van der Waals surface area contributed by atoms with Gasteiger partial charge in [0.1, 0.15) is 6.10 Å². The molecule has 0 saturated carbocycles. The number of nitro benzene ring substituents is 1. The minimum absolute atomic E-state index is 0.00670. The lowest BCUT2D eigenvalue weighted by Crippen LogP contribution is -2.37. The van der Waals surface area contributed by atoms with Gasteiger partial charge < -0.3 is 9.47 Å². The van der Waals surface area contributed by atoms with Crippen LogP contribution in [-0.2, 0) is 9.47 Å². The first-order valence-corrected chi connectivity index (χ1v) is 5.18. The van der Waals surface area contributed by atoms with Gasteiger partial charge in [0.05, 0.1) is 28.7 Å². The summed E-state index contributed by atoms with van der Waals surface area (Å²) in [5.74, 6) is -0.674. The molecule has 1 saturated heterocycles. The molecule has 0 amide bonds. The third-order valence-electron chi connectivity index (χ3n) is 2.26. The number of carbonyl (C=O) groups is 1. The average Bonchev–Trinajstić information content (AvgIpc) is 2.23. The van der Waals surface area contributed by atoms with Gasteiger partial charge in [0.2, 0.25) is 0 Å². The highest BCUT2D eigenvalue weighted by molar-refractivity contribution is 6.33. The van der Waals surface area contributed by atoms with E-state index in [0.717, 1.165) is 6.07 Å². The number of nitrogens with zero attached hydrogens (tertiary/aromatic N) is 1. The second-order valence-corrected chi connectivity index (χ2v) is 3.89. The van der Waals surface area contributed by atoms with E-state index in [-0.39, 0.29) is 22.4 Å². The Balaban J connectivity index is 2.20. The summed E-state index contributed by atoms with van der Waals surface area (Å²) >= 11 is 5.79. The second-order valence-electron chi connectivity index (χ2n) is 3.49. The molecule has 7 heteroatoms. The van der Waals surface area contributed by atoms with Crippen LogP contribution in [-0.4, -0.2) is 30.2 Å². The molecule has 1 aromatic carbocycles. The van der Waals surface area contributed by atoms with Gasteiger partial charge in [0.25, 0.3) is 5.69 Å². The van der Waals surface area contributed by atoms with Gasteiger partial charge in [-0.3, -0.25) is 10.1 Å². The average molecular weight is 258 g/mol. The van der Waals surface area contributed by atoms with E-state index in [1.165, 1.54) is 12.1 Å². The van der Waals surface area contributed by atoms with Gasteiger partial charge in [0.15, 0.2) is 0 Å². The lowest BCUT2D eigenvalue weighted by molar-refractivity contribution is -0.384. The molecule has 1 fully saturated rings. The van der Waals surface area contributed by atoms with Crippen molar-refractivity contribution < 1.29 is 19.2 Å². The number of hydrogen-bond acceptors (Lipinski definition) is 5. The SMILES string of the molecule is O=C(OC1COC1)c1cc([N+](=O)[O-])ccc1Cl. The summed E-state index contributed by atoms with van der Waals surface area (Å²) in [5.41, 5.74) is -0.209. The van der Waals surface area contributed by atoms with Crippen LogP contribution in [0.15, 0.2) is 18.2 Å². The molecule has 1 heterocycles. The van der Waals surface area contributed by atoms with Gasteiger partial charge in [-0.25, -0.2) is 4.79 Å². The van der Waals surface area contributed by atoms with Crippen LogP contribution >= 0.6 is 11.6 Å². The highest BCUT2D eigenvalue weighted by atomic mass is 35.5. The van der Waals surface area contributed by atoms with Crippen molar-refractivity contribution in [2.75, 3.05) is 13.2 Å². The van der Waals surface area contributed by atoms with Gasteiger partial charge in [0, 0.05) is 12.1 Å². The number of rotatable bonds is 3. The van der Waals surface area contributed by atoms with E-state index in [9.17, 15) is 14.9 Å². The standard InChI is InChI=1S/C10H8ClNO5/c11-9-2-1-6(12(14)15)3-8(9)10(13)17-7-4-16-5-7/h1-3,7H,4-5H2. The van der Waals surface area contributed by atoms with Crippen molar-refractivity contribution in [3.63, 3.8) is 0 Å². The Bertz CT molecular complexity index is 472. The van der Waals surface area contributed by atoms with Crippen LogP contribution in [0, 0.1) is 10.1 Å². The molecule has 0 radical (unpaired) electrons. The first-order valence-electron chi connectivity index (χ1n) is 4.80. The number of carbonyl (C=O) groups excluding carboxylic acids is 1. The van der Waals surface area contributed by atoms with Gasteiger partial charge in [-0.05, 0) is 6.07 Å². The zero-order valence-corrected chi connectivity index (χ0v) is 9.35. The third kappa shape index (κ3) is 2.54. The smallest absolute Gasteiger partial charge is 0.340 e. The van der Waals surface area contributed by atoms with E-state index in [4.69, 9.17) is 21.1 Å². The zero-order chi connectivity index (χ0) is 12.4. The van der Waals surface area contributed by atoms with Crippen molar-refractivity contribution in [2.24, 2.45) is 0 Å². The predicted octanol–water partition coefficient (Wildman–Crippen LogP) is 1.80. The maximum Gasteiger partial charge on any atom is 0.340 e. The summed E-state index contributed by atoms with van der Waals surface area (Å²) in [6, 6.07) is 3.63. The van der Waals surface area contributed by atoms with Crippen molar-refractivity contribution in [2.45, 2.75) is 6.10 Å². The van der Waals surface area contributed by atoms with Crippen molar-refractivity contribution in [1.82, 2.24) is 0 Å². The molecule has 1 aliphatic rings. The molecule has 6 nitrogen and oxygen atoms in total. The number of esters is 1. The number of nitro groups is 1. The van der Waals surface area contributed by atoms with Crippen LogP contribution in [0.25, 0.3) is 0 Å². The Morgan fingerprint density at radius 2 is 2.24 bits per heavy atom. The summed E-state index contributed by atoms with van der Waals surface area (Å²) in [6.45, 7) is 0.691. The van der Waals surface area contributed by atoms with Crippen molar-refractivity contribution in [3.8, 4) is 0 Å². The Hall–Kier alpha value is -1.66. The van der Waals surface area contributed by atoms with Crippen LogP contribution in [0.5, 0.6) is 0 Å². The van der Waals surface area contributed by atoms with E-state index in [1.807, 2.05) is 0 Å². The van der Waals surface area contributed by atoms with Crippen LogP contribution in [0.3, 0.4) is 0 Å². The third-order valence-corrected chi connectivity index (χ3v) is 2.59. The maximum absolute atomic E-state index is 11.7. The number of non-ortho nitro benzene ring substituents is 1. The maximum atomic E-state index is 11.7. The van der Waals surface area contributed by atoms with Crippen molar-refractivity contribution in [3.05, 3.63) is 38.9 Å².